The zero-order valence-corrected chi connectivity index (χ0v) is 22.6. The van der Waals surface area contributed by atoms with Crippen LogP contribution < -0.4 is 30.7 Å². The van der Waals surface area contributed by atoms with Crippen molar-refractivity contribution in [3.8, 4) is 11.5 Å². The Labute approximate surface area is 226 Å². The molecule has 3 rings (SSSR count). The number of hydrogen-bond donors (Lipinski definition) is 4. The Hall–Kier alpha value is -3.50. The van der Waals surface area contributed by atoms with E-state index in [-0.39, 0.29) is 12.1 Å². The Morgan fingerprint density at radius 2 is 1.08 bits per heavy atom. The molecule has 4 amide bonds. The highest BCUT2D eigenvalue weighted by atomic mass is 16.5. The van der Waals surface area contributed by atoms with Gasteiger partial charge in [0.15, 0.2) is 0 Å². The van der Waals surface area contributed by atoms with Crippen molar-refractivity contribution < 1.29 is 19.1 Å². The lowest BCUT2D eigenvalue weighted by molar-refractivity contribution is 0.130. The first-order valence-electron chi connectivity index (χ1n) is 13.6. The summed E-state index contributed by atoms with van der Waals surface area (Å²) in [5, 5.41) is 11.6. The van der Waals surface area contributed by atoms with Crippen molar-refractivity contribution in [1.82, 2.24) is 20.4 Å². The number of nitrogens with zero attached hydrogens (tertiary/aromatic N) is 2. The van der Waals surface area contributed by atoms with Gasteiger partial charge in [-0.2, -0.15) is 0 Å². The maximum absolute atomic E-state index is 12.2. The van der Waals surface area contributed by atoms with Crippen LogP contribution >= 0.6 is 0 Å². The van der Waals surface area contributed by atoms with E-state index in [2.05, 4.69) is 31.1 Å². The summed E-state index contributed by atoms with van der Waals surface area (Å²) in [6, 6.07) is 14.4. The van der Waals surface area contributed by atoms with Gasteiger partial charge in [-0.05, 0) is 64.0 Å². The third-order valence-corrected chi connectivity index (χ3v) is 6.21. The molecule has 0 radical (unpaired) electrons. The fraction of sp³-hybridized carbons (Fsp3) is 0.500. The minimum atomic E-state index is -0.220. The van der Waals surface area contributed by atoms with E-state index in [0.29, 0.717) is 49.2 Å². The van der Waals surface area contributed by atoms with Crippen LogP contribution in [0.3, 0.4) is 0 Å². The number of ether oxygens (including phenoxy) is 2. The van der Waals surface area contributed by atoms with Crippen LogP contribution in [0.1, 0.15) is 26.7 Å². The Balaban J connectivity index is 1.22. The molecule has 38 heavy (non-hydrogen) atoms. The summed E-state index contributed by atoms with van der Waals surface area (Å²) in [6.45, 7) is 12.1. The second-order valence-electron chi connectivity index (χ2n) is 9.01. The van der Waals surface area contributed by atoms with E-state index >= 15 is 0 Å². The van der Waals surface area contributed by atoms with Gasteiger partial charge in [0.1, 0.15) is 11.5 Å². The molecule has 2 aromatic rings. The summed E-state index contributed by atoms with van der Waals surface area (Å²) >= 11 is 0. The fourth-order valence-electron chi connectivity index (χ4n) is 4.28. The van der Waals surface area contributed by atoms with Gasteiger partial charge in [0.25, 0.3) is 0 Å². The SMILES string of the molecule is CCOc1ccccc1NC(=O)NCCCN1CCN(CCCNC(=O)Nc2ccccc2OCC)CC1. The topological polar surface area (TPSA) is 107 Å². The van der Waals surface area contributed by atoms with Crippen molar-refractivity contribution >= 4 is 23.4 Å². The molecule has 1 saturated heterocycles. The minimum Gasteiger partial charge on any atom is -0.492 e. The predicted octanol–water partition coefficient (Wildman–Crippen LogP) is 3.83. The third kappa shape index (κ3) is 10.1. The maximum Gasteiger partial charge on any atom is 0.319 e. The quantitative estimate of drug-likeness (QED) is 0.279. The smallest absolute Gasteiger partial charge is 0.319 e. The average molecular weight is 527 g/mol. The monoisotopic (exact) mass is 526 g/mol. The first kappa shape index (κ1) is 29.1. The molecule has 0 atom stereocenters. The molecule has 0 aromatic heterocycles. The number of carbonyl (C=O) groups is 2. The normalized spacial score (nSPS) is 13.9. The molecule has 10 heteroatoms. The van der Waals surface area contributed by atoms with E-state index in [9.17, 15) is 9.59 Å². The van der Waals surface area contributed by atoms with E-state index in [1.807, 2.05) is 62.4 Å². The highest BCUT2D eigenvalue weighted by molar-refractivity contribution is 5.91. The molecule has 0 saturated carbocycles. The summed E-state index contributed by atoms with van der Waals surface area (Å²) in [7, 11) is 0. The molecule has 1 aliphatic heterocycles. The zero-order valence-electron chi connectivity index (χ0n) is 22.6. The van der Waals surface area contributed by atoms with Gasteiger partial charge >= 0.3 is 12.1 Å². The second-order valence-corrected chi connectivity index (χ2v) is 9.01. The molecule has 10 nitrogen and oxygen atoms in total. The molecule has 1 heterocycles. The van der Waals surface area contributed by atoms with Crippen LogP contribution in [0.2, 0.25) is 0 Å². The molecule has 0 bridgehead atoms. The second kappa shape index (κ2) is 16.4. The van der Waals surface area contributed by atoms with E-state index < -0.39 is 0 Å². The van der Waals surface area contributed by atoms with E-state index in [1.54, 1.807) is 0 Å². The average Bonchev–Trinajstić information content (AvgIpc) is 2.92. The van der Waals surface area contributed by atoms with E-state index in [1.165, 1.54) is 0 Å². The molecular formula is C28H42N6O4. The Morgan fingerprint density at radius 1 is 0.684 bits per heavy atom. The Morgan fingerprint density at radius 3 is 1.47 bits per heavy atom. The van der Waals surface area contributed by atoms with Crippen LogP contribution in [0.5, 0.6) is 11.5 Å². The number of benzene rings is 2. The van der Waals surface area contributed by atoms with Crippen LogP contribution in [-0.2, 0) is 0 Å². The largest absolute Gasteiger partial charge is 0.492 e. The molecule has 2 aromatic carbocycles. The van der Waals surface area contributed by atoms with E-state index in [0.717, 1.165) is 52.1 Å². The molecular weight excluding hydrogens is 484 g/mol. The Bertz CT molecular complexity index is 917. The van der Waals surface area contributed by atoms with Crippen LogP contribution in [0.25, 0.3) is 0 Å². The van der Waals surface area contributed by atoms with Gasteiger partial charge in [-0.25, -0.2) is 9.59 Å². The highest BCUT2D eigenvalue weighted by Gasteiger charge is 2.16. The van der Waals surface area contributed by atoms with Crippen LogP contribution in [-0.4, -0.2) is 87.4 Å². The van der Waals surface area contributed by atoms with Crippen molar-refractivity contribution in [3.63, 3.8) is 0 Å². The number of para-hydroxylation sites is 4. The number of carbonyl (C=O) groups excluding carboxylic acids is 2. The summed E-state index contributed by atoms with van der Waals surface area (Å²) in [5.41, 5.74) is 1.34. The first-order chi connectivity index (χ1) is 18.6. The lowest BCUT2D eigenvalue weighted by atomic mass is 10.2. The lowest BCUT2D eigenvalue weighted by Crippen LogP contribution is -2.47. The standard InChI is InChI=1S/C28H42N6O4/c1-3-37-25-13-7-5-11-23(25)31-27(35)29-15-9-17-33-19-21-34(22-20-33)18-10-16-30-28(36)32-24-12-6-8-14-26(24)38-4-2/h5-8,11-14H,3-4,9-10,15-22H2,1-2H3,(H2,29,31,35)(H2,30,32,36). The van der Waals surface area contributed by atoms with Crippen molar-refractivity contribution in [2.75, 3.05) is 76.2 Å². The molecule has 4 N–H and O–H groups in total. The number of nitrogens with one attached hydrogen (secondary N) is 4. The van der Waals surface area contributed by atoms with Gasteiger partial charge in [0, 0.05) is 39.3 Å². The Kier molecular flexibility index (Phi) is 12.5. The molecule has 0 aliphatic carbocycles. The molecule has 1 aliphatic rings. The third-order valence-electron chi connectivity index (χ3n) is 6.21. The van der Waals surface area contributed by atoms with Crippen LogP contribution in [0.4, 0.5) is 21.0 Å². The van der Waals surface area contributed by atoms with Gasteiger partial charge in [-0.15, -0.1) is 0 Å². The number of anilines is 2. The molecule has 0 spiro atoms. The number of urea groups is 2. The van der Waals surface area contributed by atoms with Crippen molar-refractivity contribution in [1.29, 1.82) is 0 Å². The van der Waals surface area contributed by atoms with Crippen LogP contribution in [0, 0.1) is 0 Å². The van der Waals surface area contributed by atoms with Crippen molar-refractivity contribution in [2.45, 2.75) is 26.7 Å². The van der Waals surface area contributed by atoms with Crippen molar-refractivity contribution in [3.05, 3.63) is 48.5 Å². The minimum absolute atomic E-state index is 0.220. The van der Waals surface area contributed by atoms with Gasteiger partial charge in [-0.1, -0.05) is 24.3 Å². The highest BCUT2D eigenvalue weighted by Crippen LogP contribution is 2.24. The zero-order chi connectivity index (χ0) is 27.0. The maximum atomic E-state index is 12.2. The summed E-state index contributed by atoms with van der Waals surface area (Å²) in [4.78, 5) is 29.3. The number of amides is 4. The number of rotatable bonds is 14. The fourth-order valence-corrected chi connectivity index (χ4v) is 4.28. The summed E-state index contributed by atoms with van der Waals surface area (Å²) < 4.78 is 11.1. The van der Waals surface area contributed by atoms with Crippen molar-refractivity contribution in [2.24, 2.45) is 0 Å². The van der Waals surface area contributed by atoms with Gasteiger partial charge < -0.3 is 40.5 Å². The number of hydrogen-bond acceptors (Lipinski definition) is 6. The molecule has 208 valence electrons. The number of piperazine rings is 1. The summed E-state index contributed by atoms with van der Waals surface area (Å²) in [6.07, 6.45) is 1.79. The molecule has 0 unspecified atom stereocenters. The van der Waals surface area contributed by atoms with Crippen LogP contribution in [0.15, 0.2) is 48.5 Å². The van der Waals surface area contributed by atoms with E-state index in [4.69, 9.17) is 9.47 Å². The predicted molar refractivity (Wildman–Crippen MR) is 151 cm³/mol. The van der Waals surface area contributed by atoms with Gasteiger partial charge in [-0.3, -0.25) is 0 Å². The van der Waals surface area contributed by atoms with Gasteiger partial charge in [0.2, 0.25) is 0 Å². The lowest BCUT2D eigenvalue weighted by Gasteiger charge is -2.34. The van der Waals surface area contributed by atoms with Gasteiger partial charge in [0.05, 0.1) is 24.6 Å². The summed E-state index contributed by atoms with van der Waals surface area (Å²) in [5.74, 6) is 1.34. The molecule has 1 fully saturated rings. The first-order valence-corrected chi connectivity index (χ1v) is 13.6.